The molecule has 0 aliphatic heterocycles. The van der Waals surface area contributed by atoms with Gasteiger partial charge in [-0.05, 0) is 18.2 Å². The number of aromatic nitrogens is 2. The summed E-state index contributed by atoms with van der Waals surface area (Å²) < 4.78 is 9.09. The van der Waals surface area contributed by atoms with Crippen LogP contribution in [0, 0.1) is 0 Å². The molecule has 4 rings (SSSR count). The third-order valence-corrected chi connectivity index (χ3v) is 4.23. The highest BCUT2D eigenvalue weighted by atomic mass is 16.5. The fourth-order valence-corrected chi connectivity index (χ4v) is 3.17. The van der Waals surface area contributed by atoms with Crippen LogP contribution in [0.15, 0.2) is 65.5 Å². The van der Waals surface area contributed by atoms with E-state index in [9.17, 15) is 4.79 Å². The van der Waals surface area contributed by atoms with Gasteiger partial charge in [-0.1, -0.05) is 42.5 Å². The van der Waals surface area contributed by atoms with Gasteiger partial charge in [-0.3, -0.25) is 4.79 Å². The Bertz CT molecular complexity index is 1080. The van der Waals surface area contributed by atoms with Crippen LogP contribution in [0.2, 0.25) is 0 Å². The molecule has 0 aliphatic rings. The van der Waals surface area contributed by atoms with E-state index in [0.717, 1.165) is 27.7 Å². The zero-order valence-corrected chi connectivity index (χ0v) is 13.0. The number of methoxy groups -OCH3 is 1. The summed E-state index contributed by atoms with van der Waals surface area (Å²) in [5.41, 5.74) is 1.82. The third kappa shape index (κ3) is 1.88. The van der Waals surface area contributed by atoms with Crippen molar-refractivity contribution < 1.29 is 4.74 Å². The maximum Gasteiger partial charge on any atom is 0.274 e. The number of rotatable bonds is 2. The van der Waals surface area contributed by atoms with E-state index in [1.165, 1.54) is 0 Å². The van der Waals surface area contributed by atoms with Crippen molar-refractivity contribution in [3.63, 3.8) is 0 Å². The van der Waals surface area contributed by atoms with Gasteiger partial charge in [-0.25, -0.2) is 9.36 Å². The molecule has 0 saturated carbocycles. The average molecular weight is 304 g/mol. The number of nitrogens with zero attached hydrogens (tertiary/aromatic N) is 2. The summed E-state index contributed by atoms with van der Waals surface area (Å²) in [4.78, 5) is 12.7. The molecule has 0 bridgehead atoms. The van der Waals surface area contributed by atoms with Gasteiger partial charge < -0.3 is 4.74 Å². The molecule has 0 N–H and O–H groups in total. The Morgan fingerprint density at radius 2 is 1.52 bits per heavy atom. The molecule has 0 spiro atoms. The summed E-state index contributed by atoms with van der Waals surface area (Å²) in [5.74, 6) is 0.719. The summed E-state index contributed by atoms with van der Waals surface area (Å²) in [5, 5.41) is 2.66. The van der Waals surface area contributed by atoms with E-state index < -0.39 is 0 Å². The van der Waals surface area contributed by atoms with Gasteiger partial charge in [-0.15, -0.1) is 0 Å². The van der Waals surface area contributed by atoms with Gasteiger partial charge in [0.2, 0.25) is 0 Å². The zero-order chi connectivity index (χ0) is 16.0. The standard InChI is InChI=1S/C19H16N2O2/c1-20-19(22)16-12-17(23-2)14-10-6-7-11-15(14)18(16)21(20)13-8-4-3-5-9-13/h3-12H,1-2H3. The average Bonchev–Trinajstić information content (AvgIpc) is 2.86. The Morgan fingerprint density at radius 3 is 2.22 bits per heavy atom. The van der Waals surface area contributed by atoms with Crippen LogP contribution < -0.4 is 10.3 Å². The van der Waals surface area contributed by atoms with Gasteiger partial charge in [0.25, 0.3) is 5.56 Å². The van der Waals surface area contributed by atoms with Crippen LogP contribution in [0.25, 0.3) is 27.4 Å². The molecule has 0 fully saturated rings. The van der Waals surface area contributed by atoms with E-state index >= 15 is 0 Å². The maximum absolute atomic E-state index is 12.7. The number of hydrogen-bond donors (Lipinski definition) is 0. The normalized spacial score (nSPS) is 11.2. The van der Waals surface area contributed by atoms with Crippen molar-refractivity contribution in [2.75, 3.05) is 7.11 Å². The summed E-state index contributed by atoms with van der Waals surface area (Å²) >= 11 is 0. The largest absolute Gasteiger partial charge is 0.496 e. The number of ether oxygens (including phenoxy) is 1. The quantitative estimate of drug-likeness (QED) is 0.568. The van der Waals surface area contributed by atoms with Crippen LogP contribution in [0.4, 0.5) is 0 Å². The lowest BCUT2D eigenvalue weighted by Crippen LogP contribution is -2.17. The lowest BCUT2D eigenvalue weighted by Gasteiger charge is -2.12. The highest BCUT2D eigenvalue weighted by Crippen LogP contribution is 2.33. The third-order valence-electron chi connectivity index (χ3n) is 4.23. The Labute approximate surface area is 133 Å². The molecule has 4 nitrogen and oxygen atoms in total. The van der Waals surface area contributed by atoms with Crippen molar-refractivity contribution >= 4 is 21.7 Å². The molecule has 1 aromatic heterocycles. The SMILES string of the molecule is COc1cc2c(=O)n(C)n(-c3ccccc3)c2c2ccccc12. The van der Waals surface area contributed by atoms with Crippen LogP contribution in [0.1, 0.15) is 0 Å². The Kier molecular flexibility index (Phi) is 2.98. The van der Waals surface area contributed by atoms with E-state index in [-0.39, 0.29) is 5.56 Å². The molecule has 1 heterocycles. The van der Waals surface area contributed by atoms with Gasteiger partial charge in [0.1, 0.15) is 5.75 Å². The number of fused-ring (bicyclic) bond motifs is 3. The smallest absolute Gasteiger partial charge is 0.274 e. The summed E-state index contributed by atoms with van der Waals surface area (Å²) in [6, 6.07) is 19.7. The van der Waals surface area contributed by atoms with Crippen LogP contribution in [0.3, 0.4) is 0 Å². The summed E-state index contributed by atoms with van der Waals surface area (Å²) in [7, 11) is 3.42. The first kappa shape index (κ1) is 13.6. The lowest BCUT2D eigenvalue weighted by molar-refractivity contribution is 0.420. The lowest BCUT2D eigenvalue weighted by atomic mass is 10.1. The number of para-hydroxylation sites is 1. The van der Waals surface area contributed by atoms with Crippen LogP contribution in [-0.2, 0) is 7.05 Å². The van der Waals surface area contributed by atoms with Crippen molar-refractivity contribution in [2.24, 2.45) is 7.05 Å². The molecule has 0 unspecified atom stereocenters. The van der Waals surface area contributed by atoms with Crippen molar-refractivity contribution in [1.29, 1.82) is 0 Å². The second-order valence-electron chi connectivity index (χ2n) is 5.50. The van der Waals surface area contributed by atoms with Gasteiger partial charge >= 0.3 is 0 Å². The number of hydrogen-bond acceptors (Lipinski definition) is 2. The first-order valence-electron chi connectivity index (χ1n) is 7.45. The Balaban J connectivity index is 2.27. The van der Waals surface area contributed by atoms with E-state index in [4.69, 9.17) is 4.74 Å². The van der Waals surface area contributed by atoms with Crippen molar-refractivity contribution in [1.82, 2.24) is 9.36 Å². The Morgan fingerprint density at radius 1 is 0.870 bits per heavy atom. The fraction of sp³-hybridized carbons (Fsp3) is 0.105. The predicted molar refractivity (Wildman–Crippen MR) is 92.6 cm³/mol. The molecule has 3 aromatic carbocycles. The summed E-state index contributed by atoms with van der Waals surface area (Å²) in [6.45, 7) is 0. The fourth-order valence-electron chi connectivity index (χ4n) is 3.17. The zero-order valence-electron chi connectivity index (χ0n) is 13.0. The number of benzene rings is 3. The predicted octanol–water partition coefficient (Wildman–Crippen LogP) is 3.49. The van der Waals surface area contributed by atoms with Gasteiger partial charge in [0.05, 0.1) is 23.7 Å². The monoisotopic (exact) mass is 304 g/mol. The highest BCUT2D eigenvalue weighted by molar-refractivity contribution is 6.09. The van der Waals surface area contributed by atoms with E-state index in [1.54, 1.807) is 18.8 Å². The molecule has 0 aliphatic carbocycles. The van der Waals surface area contributed by atoms with Crippen molar-refractivity contribution in [3.8, 4) is 11.4 Å². The van der Waals surface area contributed by atoms with Crippen LogP contribution in [-0.4, -0.2) is 16.5 Å². The van der Waals surface area contributed by atoms with Gasteiger partial charge in [-0.2, -0.15) is 0 Å². The van der Waals surface area contributed by atoms with Crippen LogP contribution in [0.5, 0.6) is 5.75 Å². The van der Waals surface area contributed by atoms with Gasteiger partial charge in [0, 0.05) is 17.8 Å². The van der Waals surface area contributed by atoms with Crippen molar-refractivity contribution in [2.45, 2.75) is 0 Å². The topological polar surface area (TPSA) is 36.2 Å². The molecular weight excluding hydrogens is 288 g/mol. The minimum absolute atomic E-state index is 0.0343. The first-order chi connectivity index (χ1) is 11.2. The molecule has 4 heteroatoms. The minimum atomic E-state index is -0.0343. The molecule has 0 atom stereocenters. The van der Waals surface area contributed by atoms with E-state index in [1.807, 2.05) is 65.3 Å². The molecule has 4 aromatic rings. The maximum atomic E-state index is 12.7. The summed E-state index contributed by atoms with van der Waals surface area (Å²) in [6.07, 6.45) is 0. The molecule has 0 saturated heterocycles. The minimum Gasteiger partial charge on any atom is -0.496 e. The second-order valence-corrected chi connectivity index (χ2v) is 5.50. The van der Waals surface area contributed by atoms with Gasteiger partial charge in [0.15, 0.2) is 0 Å². The molecule has 0 amide bonds. The molecule has 114 valence electrons. The van der Waals surface area contributed by atoms with Crippen molar-refractivity contribution in [3.05, 3.63) is 71.0 Å². The molecule has 0 radical (unpaired) electrons. The van der Waals surface area contributed by atoms with E-state index in [0.29, 0.717) is 5.39 Å². The first-order valence-corrected chi connectivity index (χ1v) is 7.45. The Hall–Kier alpha value is -3.01. The van der Waals surface area contributed by atoms with E-state index in [2.05, 4.69) is 0 Å². The highest BCUT2D eigenvalue weighted by Gasteiger charge is 2.17. The van der Waals surface area contributed by atoms with Crippen LogP contribution >= 0.6 is 0 Å². The second kappa shape index (κ2) is 5.02. The molecular formula is C19H16N2O2. The molecule has 23 heavy (non-hydrogen) atoms.